The summed E-state index contributed by atoms with van der Waals surface area (Å²) in [7, 11) is -3.97. The maximum Gasteiger partial charge on any atom is 0.199 e. The Morgan fingerprint density at radius 1 is 1.12 bits per heavy atom. The summed E-state index contributed by atoms with van der Waals surface area (Å²) in [6.07, 6.45) is 2.58. The lowest BCUT2D eigenvalue weighted by atomic mass is 9.82. The Balaban J connectivity index is 1.73. The van der Waals surface area contributed by atoms with Crippen molar-refractivity contribution in [2.45, 2.75) is 48.3 Å². The third-order valence-corrected chi connectivity index (χ3v) is 9.31. The van der Waals surface area contributed by atoms with Crippen molar-refractivity contribution in [3.05, 3.63) is 70.9 Å². The van der Waals surface area contributed by atoms with E-state index in [1.807, 2.05) is 41.9 Å². The van der Waals surface area contributed by atoms with E-state index >= 15 is 0 Å². The largest absolute Gasteiger partial charge is 0.351 e. The van der Waals surface area contributed by atoms with Crippen molar-refractivity contribution in [1.29, 1.82) is 5.26 Å². The number of anilines is 1. The quantitative estimate of drug-likeness (QED) is 0.568. The second-order valence-electron chi connectivity index (χ2n) is 8.48. The molecule has 0 unspecified atom stereocenters. The van der Waals surface area contributed by atoms with Crippen molar-refractivity contribution >= 4 is 27.3 Å². The van der Waals surface area contributed by atoms with Crippen LogP contribution in [0.15, 0.2) is 59.5 Å². The first kappa shape index (κ1) is 21.0. The van der Waals surface area contributed by atoms with Gasteiger partial charge < -0.3 is 4.90 Å². The minimum absolute atomic E-state index is 0.115. The Kier molecular flexibility index (Phi) is 5.03. The maximum atomic E-state index is 14.0. The van der Waals surface area contributed by atoms with Gasteiger partial charge >= 0.3 is 0 Å². The minimum Gasteiger partial charge on any atom is -0.351 e. The molecule has 0 spiro atoms. The van der Waals surface area contributed by atoms with Gasteiger partial charge in [0.05, 0.1) is 28.4 Å². The van der Waals surface area contributed by atoms with Crippen LogP contribution in [-0.2, 0) is 16.3 Å². The van der Waals surface area contributed by atoms with Crippen LogP contribution < -0.4 is 4.90 Å². The van der Waals surface area contributed by atoms with Crippen molar-refractivity contribution in [2.75, 3.05) is 11.4 Å². The van der Waals surface area contributed by atoms with E-state index < -0.39 is 20.6 Å². The first-order chi connectivity index (χ1) is 15.4. The zero-order chi connectivity index (χ0) is 22.5. The lowest BCUT2D eigenvalue weighted by molar-refractivity contribution is 0.374. The first-order valence-electron chi connectivity index (χ1n) is 10.7. The molecule has 2 atom stereocenters. The van der Waals surface area contributed by atoms with Gasteiger partial charge in [-0.1, -0.05) is 29.8 Å². The molecule has 3 heterocycles. The number of nitrogens with zero attached hydrogens (tertiary/aromatic N) is 4. The van der Waals surface area contributed by atoms with Crippen molar-refractivity contribution in [3.63, 3.8) is 0 Å². The van der Waals surface area contributed by atoms with Crippen LogP contribution in [0.5, 0.6) is 0 Å². The highest BCUT2D eigenvalue weighted by molar-refractivity contribution is 7.93. The van der Waals surface area contributed by atoms with Gasteiger partial charge in [-0.15, -0.1) is 0 Å². The molecule has 1 saturated heterocycles. The van der Waals surface area contributed by atoms with Gasteiger partial charge in [0.1, 0.15) is 5.82 Å². The third kappa shape index (κ3) is 2.97. The fourth-order valence-corrected chi connectivity index (χ4v) is 7.22. The number of halogens is 1. The van der Waals surface area contributed by atoms with Gasteiger partial charge in [0.15, 0.2) is 14.6 Å². The summed E-state index contributed by atoms with van der Waals surface area (Å²) < 4.78 is 28.3. The second kappa shape index (κ2) is 7.65. The van der Waals surface area contributed by atoms with Crippen LogP contribution >= 0.6 is 11.6 Å². The number of para-hydroxylation sites is 1. The average Bonchev–Trinajstić information content (AvgIpc) is 3.15. The van der Waals surface area contributed by atoms with Gasteiger partial charge in [-0.3, -0.25) is 0 Å². The number of aromatic nitrogens is 2. The number of fused-ring (bicyclic) bond motifs is 3. The summed E-state index contributed by atoms with van der Waals surface area (Å²) in [5.41, 5.74) is 2.50. The van der Waals surface area contributed by atoms with Gasteiger partial charge in [-0.05, 0) is 62.6 Å². The van der Waals surface area contributed by atoms with Gasteiger partial charge in [-0.2, -0.15) is 10.4 Å². The molecule has 0 bridgehead atoms. The van der Waals surface area contributed by atoms with Crippen LogP contribution in [-0.4, -0.2) is 35.5 Å². The van der Waals surface area contributed by atoms with Crippen molar-refractivity contribution in [2.24, 2.45) is 0 Å². The molecule has 2 aromatic carbocycles. The van der Waals surface area contributed by atoms with Crippen LogP contribution in [0.4, 0.5) is 5.82 Å². The van der Waals surface area contributed by atoms with E-state index in [1.54, 1.807) is 12.1 Å². The standard InChI is InChI=1S/C24H23ClN4O2S/c1-17-21-15-24(16-26,32(30,31)20-12-10-18(25)11-13-20)22-9-5-6-14-28(22)23(21)29(27-17)19-7-3-2-4-8-19/h2-4,7-8,10-13,22H,5-6,9,14-15H2,1H3/t22-,24-/m0/s1. The first-order valence-corrected chi connectivity index (χ1v) is 12.6. The Morgan fingerprint density at radius 2 is 1.84 bits per heavy atom. The lowest BCUT2D eigenvalue weighted by Crippen LogP contribution is -2.62. The summed E-state index contributed by atoms with van der Waals surface area (Å²) in [5, 5.41) is 15.7. The molecule has 1 aromatic heterocycles. The van der Waals surface area contributed by atoms with E-state index in [-0.39, 0.29) is 11.3 Å². The predicted molar refractivity (Wildman–Crippen MR) is 124 cm³/mol. The molecular weight excluding hydrogens is 444 g/mol. The smallest absolute Gasteiger partial charge is 0.199 e. The second-order valence-corrected chi connectivity index (χ2v) is 11.1. The summed E-state index contributed by atoms with van der Waals surface area (Å²) in [6, 6.07) is 17.8. The highest BCUT2D eigenvalue weighted by Gasteiger charge is 2.58. The molecule has 0 saturated carbocycles. The number of sulfone groups is 1. The molecule has 2 aliphatic heterocycles. The topological polar surface area (TPSA) is 79.0 Å². The monoisotopic (exact) mass is 466 g/mol. The zero-order valence-electron chi connectivity index (χ0n) is 17.7. The number of aryl methyl sites for hydroxylation is 1. The molecule has 2 aliphatic rings. The van der Waals surface area contributed by atoms with E-state index in [2.05, 4.69) is 11.0 Å². The normalized spacial score (nSPS) is 22.7. The van der Waals surface area contributed by atoms with Crippen LogP contribution in [0.1, 0.15) is 30.5 Å². The Bertz CT molecular complexity index is 1310. The van der Waals surface area contributed by atoms with Crippen molar-refractivity contribution < 1.29 is 8.42 Å². The SMILES string of the molecule is Cc1nn(-c2ccccc2)c2c1C[C@@](C#N)(S(=O)(=O)c1ccc(Cl)cc1)[C@@H]1CCCCN21. The number of benzene rings is 2. The van der Waals surface area contributed by atoms with Crippen molar-refractivity contribution in [1.82, 2.24) is 9.78 Å². The number of hydrogen-bond donors (Lipinski definition) is 0. The summed E-state index contributed by atoms with van der Waals surface area (Å²) in [6.45, 7) is 2.58. The van der Waals surface area contributed by atoms with E-state index in [0.717, 1.165) is 35.6 Å². The highest BCUT2D eigenvalue weighted by Crippen LogP contribution is 2.47. The molecule has 164 valence electrons. The lowest BCUT2D eigenvalue weighted by Gasteiger charge is -2.48. The molecule has 1 fully saturated rings. The van der Waals surface area contributed by atoms with Gasteiger partial charge in [0.2, 0.25) is 0 Å². The van der Waals surface area contributed by atoms with E-state index in [0.29, 0.717) is 18.0 Å². The molecule has 6 nitrogen and oxygen atoms in total. The van der Waals surface area contributed by atoms with Gasteiger partial charge in [0, 0.05) is 23.6 Å². The summed E-state index contributed by atoms with van der Waals surface area (Å²) in [5.74, 6) is 0.913. The average molecular weight is 467 g/mol. The van der Waals surface area contributed by atoms with E-state index in [9.17, 15) is 13.7 Å². The molecule has 5 rings (SSSR count). The number of piperidine rings is 1. The predicted octanol–water partition coefficient (Wildman–Crippen LogP) is 4.49. The third-order valence-electron chi connectivity index (χ3n) is 6.70. The van der Waals surface area contributed by atoms with Crippen LogP contribution in [0.25, 0.3) is 5.69 Å². The number of rotatable bonds is 3. The Hall–Kier alpha value is -2.82. The van der Waals surface area contributed by atoms with Crippen molar-refractivity contribution in [3.8, 4) is 11.8 Å². The van der Waals surface area contributed by atoms with Gasteiger partial charge in [0.25, 0.3) is 0 Å². The minimum atomic E-state index is -3.97. The molecule has 0 aliphatic carbocycles. The molecular formula is C24H23ClN4O2S. The number of hydrogen-bond acceptors (Lipinski definition) is 5. The van der Waals surface area contributed by atoms with Crippen LogP contribution in [0.2, 0.25) is 5.02 Å². The van der Waals surface area contributed by atoms with Gasteiger partial charge in [-0.25, -0.2) is 13.1 Å². The zero-order valence-corrected chi connectivity index (χ0v) is 19.3. The molecule has 8 heteroatoms. The highest BCUT2D eigenvalue weighted by atomic mass is 35.5. The fraction of sp³-hybridized carbons (Fsp3) is 0.333. The van der Waals surface area contributed by atoms with E-state index in [4.69, 9.17) is 16.7 Å². The fourth-order valence-electron chi connectivity index (χ4n) is 5.12. The number of nitriles is 1. The molecule has 0 amide bonds. The maximum absolute atomic E-state index is 14.0. The van der Waals surface area contributed by atoms with Crippen LogP contribution in [0.3, 0.4) is 0 Å². The molecule has 3 aromatic rings. The summed E-state index contributed by atoms with van der Waals surface area (Å²) >= 11 is 6.00. The Morgan fingerprint density at radius 3 is 2.53 bits per heavy atom. The molecule has 32 heavy (non-hydrogen) atoms. The van der Waals surface area contributed by atoms with E-state index in [1.165, 1.54) is 12.1 Å². The van der Waals surface area contributed by atoms with Crippen LogP contribution in [0, 0.1) is 18.3 Å². The molecule has 0 N–H and O–H groups in total. The molecule has 0 radical (unpaired) electrons. The Labute approximate surface area is 193 Å². The summed E-state index contributed by atoms with van der Waals surface area (Å²) in [4.78, 5) is 2.25.